The van der Waals surface area contributed by atoms with Crippen molar-refractivity contribution in [2.75, 3.05) is 26.6 Å². The maximum Gasteiger partial charge on any atom is 0.255 e. The number of fused-ring (bicyclic) bond motifs is 1. The van der Waals surface area contributed by atoms with Gasteiger partial charge in [0.15, 0.2) is 11.5 Å². The molecule has 1 N–H and O–H groups in total. The molecule has 7 heteroatoms. The average Bonchev–Trinajstić information content (AvgIpc) is 2.95. The van der Waals surface area contributed by atoms with Gasteiger partial charge < -0.3 is 19.5 Å². The van der Waals surface area contributed by atoms with E-state index in [2.05, 4.69) is 10.4 Å². The molecular formula is C18H19N3O4. The molecule has 2 aromatic carbocycles. The van der Waals surface area contributed by atoms with E-state index in [-0.39, 0.29) is 5.91 Å². The second-order valence-electron chi connectivity index (χ2n) is 5.39. The zero-order valence-electron chi connectivity index (χ0n) is 14.5. The first kappa shape index (κ1) is 16.6. The number of anilines is 1. The number of hydrogen-bond donors (Lipinski definition) is 1. The number of ether oxygens (including phenoxy) is 3. The summed E-state index contributed by atoms with van der Waals surface area (Å²) in [4.78, 5) is 12.5. The molecule has 3 aromatic rings. The van der Waals surface area contributed by atoms with Gasteiger partial charge in [0, 0.05) is 24.4 Å². The maximum absolute atomic E-state index is 12.5. The highest BCUT2D eigenvalue weighted by Crippen LogP contribution is 2.30. The summed E-state index contributed by atoms with van der Waals surface area (Å²) >= 11 is 0. The third-order valence-corrected chi connectivity index (χ3v) is 3.88. The largest absolute Gasteiger partial charge is 0.493 e. The zero-order chi connectivity index (χ0) is 18.0. The van der Waals surface area contributed by atoms with E-state index in [1.807, 2.05) is 6.07 Å². The van der Waals surface area contributed by atoms with Crippen LogP contribution in [0.3, 0.4) is 0 Å². The van der Waals surface area contributed by atoms with Gasteiger partial charge in [-0.3, -0.25) is 4.79 Å². The van der Waals surface area contributed by atoms with Crippen molar-refractivity contribution in [1.29, 1.82) is 0 Å². The molecule has 25 heavy (non-hydrogen) atoms. The predicted molar refractivity (Wildman–Crippen MR) is 94.8 cm³/mol. The van der Waals surface area contributed by atoms with E-state index in [1.54, 1.807) is 63.4 Å². The minimum atomic E-state index is -0.237. The highest BCUT2D eigenvalue weighted by atomic mass is 16.5. The molecule has 0 spiro atoms. The van der Waals surface area contributed by atoms with Crippen LogP contribution in [-0.2, 0) is 7.05 Å². The summed E-state index contributed by atoms with van der Waals surface area (Å²) in [6.45, 7) is 0. The Balaban J connectivity index is 1.87. The summed E-state index contributed by atoms with van der Waals surface area (Å²) in [6.07, 6.45) is 0. The van der Waals surface area contributed by atoms with Crippen LogP contribution < -0.4 is 19.5 Å². The average molecular weight is 341 g/mol. The lowest BCUT2D eigenvalue weighted by atomic mass is 10.1. The number of nitrogens with one attached hydrogen (secondary N) is 1. The molecule has 0 radical (unpaired) electrons. The van der Waals surface area contributed by atoms with Crippen LogP contribution in [0.1, 0.15) is 10.4 Å². The topological polar surface area (TPSA) is 74.6 Å². The van der Waals surface area contributed by atoms with Crippen molar-refractivity contribution in [3.05, 3.63) is 42.0 Å². The summed E-state index contributed by atoms with van der Waals surface area (Å²) in [5.41, 5.74) is 1.81. The van der Waals surface area contributed by atoms with Gasteiger partial charge >= 0.3 is 0 Å². The first-order chi connectivity index (χ1) is 12.1. The number of carbonyl (C=O) groups excluding carboxylic acids is 1. The van der Waals surface area contributed by atoms with E-state index >= 15 is 0 Å². The van der Waals surface area contributed by atoms with Crippen LogP contribution >= 0.6 is 0 Å². The molecule has 130 valence electrons. The number of rotatable bonds is 5. The molecule has 0 aliphatic heterocycles. The number of amides is 1. The van der Waals surface area contributed by atoms with Gasteiger partial charge in [-0.15, -0.1) is 0 Å². The van der Waals surface area contributed by atoms with Gasteiger partial charge in [-0.1, -0.05) is 0 Å². The number of hydrogen-bond acceptors (Lipinski definition) is 5. The van der Waals surface area contributed by atoms with Crippen LogP contribution in [0, 0.1) is 0 Å². The number of methoxy groups -OCH3 is 3. The van der Waals surface area contributed by atoms with Gasteiger partial charge in [0.2, 0.25) is 5.88 Å². The Morgan fingerprint density at radius 1 is 1.00 bits per heavy atom. The van der Waals surface area contributed by atoms with Crippen molar-refractivity contribution in [2.24, 2.45) is 7.05 Å². The monoisotopic (exact) mass is 341 g/mol. The molecular weight excluding hydrogens is 322 g/mol. The van der Waals surface area contributed by atoms with Crippen LogP contribution in [-0.4, -0.2) is 37.0 Å². The SMILES string of the molecule is COc1ccc(NC(=O)c2ccc3c(OC)n(C)nc3c2)cc1OC. The Morgan fingerprint density at radius 3 is 2.44 bits per heavy atom. The molecule has 1 heterocycles. The first-order valence-electron chi connectivity index (χ1n) is 7.61. The fraction of sp³-hybridized carbons (Fsp3) is 0.222. The predicted octanol–water partition coefficient (Wildman–Crippen LogP) is 2.85. The van der Waals surface area contributed by atoms with Gasteiger partial charge in [0.25, 0.3) is 5.91 Å². The van der Waals surface area contributed by atoms with Crippen molar-refractivity contribution in [2.45, 2.75) is 0 Å². The van der Waals surface area contributed by atoms with E-state index in [1.165, 1.54) is 0 Å². The molecule has 0 atom stereocenters. The fourth-order valence-corrected chi connectivity index (χ4v) is 2.68. The first-order valence-corrected chi connectivity index (χ1v) is 7.61. The molecule has 1 aromatic heterocycles. The molecule has 0 unspecified atom stereocenters. The molecule has 0 fully saturated rings. The molecule has 0 saturated carbocycles. The lowest BCUT2D eigenvalue weighted by molar-refractivity contribution is 0.102. The van der Waals surface area contributed by atoms with Gasteiger partial charge in [-0.2, -0.15) is 5.10 Å². The number of benzene rings is 2. The van der Waals surface area contributed by atoms with Crippen molar-refractivity contribution in [1.82, 2.24) is 9.78 Å². The quantitative estimate of drug-likeness (QED) is 0.772. The third-order valence-electron chi connectivity index (χ3n) is 3.88. The third kappa shape index (κ3) is 3.08. The highest BCUT2D eigenvalue weighted by Gasteiger charge is 2.14. The smallest absolute Gasteiger partial charge is 0.255 e. The number of aromatic nitrogens is 2. The van der Waals surface area contributed by atoms with E-state index in [0.29, 0.717) is 34.1 Å². The van der Waals surface area contributed by atoms with E-state index in [0.717, 1.165) is 5.39 Å². The van der Waals surface area contributed by atoms with E-state index in [4.69, 9.17) is 14.2 Å². The minimum absolute atomic E-state index is 0.237. The molecule has 3 rings (SSSR count). The summed E-state index contributed by atoms with van der Waals surface area (Å²) in [6, 6.07) is 10.5. The fourth-order valence-electron chi connectivity index (χ4n) is 2.68. The summed E-state index contributed by atoms with van der Waals surface area (Å²) in [7, 11) is 6.49. The van der Waals surface area contributed by atoms with Crippen molar-refractivity contribution >= 4 is 22.5 Å². The lowest BCUT2D eigenvalue weighted by Crippen LogP contribution is -2.11. The van der Waals surface area contributed by atoms with Gasteiger partial charge in [-0.25, -0.2) is 4.68 Å². The molecule has 0 aliphatic rings. The zero-order valence-corrected chi connectivity index (χ0v) is 14.5. The second-order valence-corrected chi connectivity index (χ2v) is 5.39. The Hall–Kier alpha value is -3.22. The van der Waals surface area contributed by atoms with Gasteiger partial charge in [0.1, 0.15) is 0 Å². The van der Waals surface area contributed by atoms with Crippen molar-refractivity contribution in [3.63, 3.8) is 0 Å². The van der Waals surface area contributed by atoms with Crippen LogP contribution in [0.5, 0.6) is 17.4 Å². The standard InChI is InChI=1S/C18H19N3O4/c1-21-18(25-4)13-7-5-11(9-14(13)20-21)17(22)19-12-6-8-15(23-2)16(10-12)24-3/h5-10H,1-4H3,(H,19,22). The second kappa shape index (κ2) is 6.72. The normalized spacial score (nSPS) is 10.6. The van der Waals surface area contributed by atoms with Crippen LogP contribution in [0.25, 0.3) is 10.9 Å². The van der Waals surface area contributed by atoms with Gasteiger partial charge in [0.05, 0.1) is 32.2 Å². The van der Waals surface area contributed by atoms with E-state index < -0.39 is 0 Å². The molecule has 1 amide bonds. The number of aryl methyl sites for hydroxylation is 1. The molecule has 0 bridgehead atoms. The Bertz CT molecular complexity index is 933. The van der Waals surface area contributed by atoms with Crippen LogP contribution in [0.2, 0.25) is 0 Å². The Kier molecular flexibility index (Phi) is 4.47. The molecule has 0 aliphatic carbocycles. The van der Waals surface area contributed by atoms with Gasteiger partial charge in [-0.05, 0) is 30.3 Å². The van der Waals surface area contributed by atoms with E-state index in [9.17, 15) is 4.79 Å². The van der Waals surface area contributed by atoms with Crippen molar-refractivity contribution < 1.29 is 19.0 Å². The lowest BCUT2D eigenvalue weighted by Gasteiger charge is -2.10. The highest BCUT2D eigenvalue weighted by molar-refractivity contribution is 6.06. The Labute approximate surface area is 145 Å². The number of carbonyl (C=O) groups is 1. The Morgan fingerprint density at radius 2 is 1.76 bits per heavy atom. The summed E-state index contributed by atoms with van der Waals surface area (Å²) in [5, 5.41) is 8.06. The van der Waals surface area contributed by atoms with Crippen molar-refractivity contribution in [3.8, 4) is 17.4 Å². The minimum Gasteiger partial charge on any atom is -0.493 e. The summed E-state index contributed by atoms with van der Waals surface area (Å²) in [5.74, 6) is 1.56. The van der Waals surface area contributed by atoms with Crippen LogP contribution in [0.4, 0.5) is 5.69 Å². The summed E-state index contributed by atoms with van der Waals surface area (Å²) < 4.78 is 17.4. The number of nitrogens with zero attached hydrogens (tertiary/aromatic N) is 2. The molecule has 7 nitrogen and oxygen atoms in total. The maximum atomic E-state index is 12.5. The molecule has 0 saturated heterocycles. The van der Waals surface area contributed by atoms with Crippen LogP contribution in [0.15, 0.2) is 36.4 Å².